The molecular formula is C10H10IO2-. The van der Waals surface area contributed by atoms with E-state index in [1.807, 2.05) is 12.1 Å². The predicted octanol–water partition coefficient (Wildman–Crippen LogP) is -1.96. The van der Waals surface area contributed by atoms with Gasteiger partial charge in [-0.15, -0.1) is 0 Å². The van der Waals surface area contributed by atoms with Gasteiger partial charge in [0.25, 0.3) is 0 Å². The van der Waals surface area contributed by atoms with Crippen molar-refractivity contribution in [3.05, 3.63) is 33.4 Å². The third-order valence-corrected chi connectivity index (χ3v) is 5.49. The molecule has 1 atom stereocenters. The van der Waals surface area contributed by atoms with Gasteiger partial charge in [-0.05, 0) is 0 Å². The first-order chi connectivity index (χ1) is 6.31. The summed E-state index contributed by atoms with van der Waals surface area (Å²) >= 11 is -0.165. The van der Waals surface area contributed by atoms with Crippen molar-refractivity contribution in [3.63, 3.8) is 0 Å². The number of ether oxygens (including phenoxy) is 1. The molecule has 1 unspecified atom stereocenters. The summed E-state index contributed by atoms with van der Waals surface area (Å²) in [5, 5.41) is 0. The summed E-state index contributed by atoms with van der Waals surface area (Å²) in [7, 11) is 1.47. The number of hydrogen-bond donors (Lipinski definition) is 0. The molecule has 1 heterocycles. The van der Waals surface area contributed by atoms with Crippen LogP contribution in [0.1, 0.15) is 5.56 Å². The number of fused-ring (bicyclic) bond motifs is 1. The minimum absolute atomic E-state index is 0.0380. The van der Waals surface area contributed by atoms with E-state index < -0.39 is 0 Å². The van der Waals surface area contributed by atoms with E-state index in [-0.39, 0.29) is 31.1 Å². The van der Waals surface area contributed by atoms with E-state index in [9.17, 15) is 4.79 Å². The van der Waals surface area contributed by atoms with Crippen molar-refractivity contribution < 1.29 is 30.7 Å². The average molecular weight is 289 g/mol. The number of rotatable bonds is 1. The van der Waals surface area contributed by atoms with Gasteiger partial charge in [0, 0.05) is 0 Å². The van der Waals surface area contributed by atoms with Gasteiger partial charge in [0.2, 0.25) is 0 Å². The second-order valence-electron chi connectivity index (χ2n) is 2.90. The fourth-order valence-corrected chi connectivity index (χ4v) is 4.63. The van der Waals surface area contributed by atoms with E-state index in [0.29, 0.717) is 0 Å². The predicted molar refractivity (Wildman–Crippen MR) is 44.6 cm³/mol. The molecule has 1 aromatic rings. The van der Waals surface area contributed by atoms with Crippen molar-refractivity contribution in [2.24, 2.45) is 0 Å². The molecule has 1 aliphatic rings. The molecule has 0 aromatic heterocycles. The molecule has 70 valence electrons. The first-order valence-corrected chi connectivity index (χ1v) is 6.43. The van der Waals surface area contributed by atoms with Gasteiger partial charge in [-0.2, -0.15) is 0 Å². The Kier molecular flexibility index (Phi) is 2.53. The quantitative estimate of drug-likeness (QED) is 0.341. The number of carbonyl (C=O) groups excluding carboxylic acids is 1. The summed E-state index contributed by atoms with van der Waals surface area (Å²) in [6, 6.07) is 8.31. The van der Waals surface area contributed by atoms with Crippen molar-refractivity contribution in [1.82, 2.24) is 0 Å². The molecule has 2 nitrogen and oxygen atoms in total. The standard InChI is InChI=1S/C10H10IO2/c1-13-10(12)9-6-7-4-2-3-5-8(7)11-9/h2-5,9H,6H2,1H3/q-1. The van der Waals surface area contributed by atoms with Crippen molar-refractivity contribution in [2.75, 3.05) is 7.11 Å². The maximum atomic E-state index is 11.3. The average Bonchev–Trinajstić information content (AvgIpc) is 2.59. The van der Waals surface area contributed by atoms with E-state index in [1.165, 1.54) is 16.2 Å². The Labute approximate surface area is 87.5 Å². The third-order valence-electron chi connectivity index (χ3n) is 2.06. The number of esters is 1. The Morgan fingerprint density at radius 3 is 3.00 bits per heavy atom. The van der Waals surface area contributed by atoms with Crippen LogP contribution in [-0.4, -0.2) is 17.0 Å². The second kappa shape index (κ2) is 3.65. The number of alkyl halides is 1. The van der Waals surface area contributed by atoms with Gasteiger partial charge in [0.1, 0.15) is 0 Å². The third kappa shape index (κ3) is 1.70. The van der Waals surface area contributed by atoms with E-state index in [4.69, 9.17) is 4.74 Å². The van der Waals surface area contributed by atoms with Crippen LogP contribution in [0.5, 0.6) is 0 Å². The van der Waals surface area contributed by atoms with Gasteiger partial charge < -0.3 is 0 Å². The fraction of sp³-hybridized carbons (Fsp3) is 0.300. The molecule has 0 spiro atoms. The number of benzene rings is 1. The summed E-state index contributed by atoms with van der Waals surface area (Å²) in [5.41, 5.74) is 1.34. The summed E-state index contributed by atoms with van der Waals surface area (Å²) < 4.78 is 6.31. The van der Waals surface area contributed by atoms with Gasteiger partial charge in [0.05, 0.1) is 0 Å². The number of hydrogen-bond acceptors (Lipinski definition) is 2. The number of methoxy groups -OCH3 is 1. The zero-order valence-electron chi connectivity index (χ0n) is 7.29. The molecule has 0 fully saturated rings. The molecule has 0 radical (unpaired) electrons. The Hall–Kier alpha value is -0.580. The van der Waals surface area contributed by atoms with Gasteiger partial charge >= 0.3 is 87.6 Å². The summed E-state index contributed by atoms with van der Waals surface area (Å²) in [4.78, 5) is 11.3. The number of carbonyl (C=O) groups is 1. The zero-order valence-corrected chi connectivity index (χ0v) is 9.45. The van der Waals surface area contributed by atoms with E-state index in [1.54, 1.807) is 0 Å². The van der Waals surface area contributed by atoms with Crippen molar-refractivity contribution in [1.29, 1.82) is 0 Å². The molecule has 0 aliphatic carbocycles. The van der Waals surface area contributed by atoms with Crippen LogP contribution in [-0.2, 0) is 16.0 Å². The summed E-state index contributed by atoms with van der Waals surface area (Å²) in [6.45, 7) is 0. The Morgan fingerprint density at radius 1 is 1.54 bits per heavy atom. The monoisotopic (exact) mass is 289 g/mol. The molecule has 1 aromatic carbocycles. The van der Waals surface area contributed by atoms with Gasteiger partial charge in [-0.25, -0.2) is 0 Å². The van der Waals surface area contributed by atoms with Crippen molar-refractivity contribution >= 4 is 5.97 Å². The van der Waals surface area contributed by atoms with Gasteiger partial charge in [0.15, 0.2) is 0 Å². The molecule has 0 saturated heterocycles. The first-order valence-electron chi connectivity index (χ1n) is 4.10. The molecule has 13 heavy (non-hydrogen) atoms. The van der Waals surface area contributed by atoms with Crippen LogP contribution in [0.25, 0.3) is 0 Å². The summed E-state index contributed by atoms with van der Waals surface area (Å²) in [6.07, 6.45) is 0.885. The Balaban J connectivity index is 2.18. The van der Waals surface area contributed by atoms with Crippen LogP contribution in [0, 0.1) is 3.57 Å². The van der Waals surface area contributed by atoms with Crippen LogP contribution < -0.4 is 21.2 Å². The normalized spacial score (nSPS) is 20.2. The van der Waals surface area contributed by atoms with E-state index >= 15 is 0 Å². The van der Waals surface area contributed by atoms with Crippen LogP contribution >= 0.6 is 0 Å². The Bertz CT molecular complexity index is 310. The molecule has 0 saturated carbocycles. The summed E-state index contributed by atoms with van der Waals surface area (Å²) in [5.74, 6) is -0.0380. The van der Waals surface area contributed by atoms with Crippen LogP contribution in [0.2, 0.25) is 0 Å². The second-order valence-corrected chi connectivity index (χ2v) is 6.18. The Morgan fingerprint density at radius 2 is 2.31 bits per heavy atom. The topological polar surface area (TPSA) is 26.3 Å². The van der Waals surface area contributed by atoms with E-state index in [2.05, 4.69) is 12.1 Å². The molecule has 0 N–H and O–H groups in total. The SMILES string of the molecule is COC(=O)C1Cc2ccccc2[I-]1. The molecule has 3 heteroatoms. The van der Waals surface area contributed by atoms with Crippen molar-refractivity contribution in [2.45, 2.75) is 10.3 Å². The van der Waals surface area contributed by atoms with Crippen LogP contribution in [0.15, 0.2) is 24.3 Å². The first kappa shape index (κ1) is 8.99. The zero-order chi connectivity index (χ0) is 9.26. The molecule has 0 amide bonds. The number of halogens is 1. The minimum atomic E-state index is -0.165. The molecule has 0 bridgehead atoms. The van der Waals surface area contributed by atoms with E-state index in [0.717, 1.165) is 6.42 Å². The fourth-order valence-electron chi connectivity index (χ4n) is 1.40. The molecule has 1 aliphatic heterocycles. The maximum absolute atomic E-state index is 11.3. The van der Waals surface area contributed by atoms with Crippen LogP contribution in [0.4, 0.5) is 0 Å². The van der Waals surface area contributed by atoms with Crippen molar-refractivity contribution in [3.8, 4) is 0 Å². The van der Waals surface area contributed by atoms with Gasteiger partial charge in [-0.3, -0.25) is 0 Å². The van der Waals surface area contributed by atoms with Gasteiger partial charge in [-0.1, -0.05) is 0 Å². The van der Waals surface area contributed by atoms with Crippen LogP contribution in [0.3, 0.4) is 0 Å². The molecule has 2 rings (SSSR count). The molecular weight excluding hydrogens is 279 g/mol.